The first-order chi connectivity index (χ1) is 7.21. The van der Waals surface area contributed by atoms with Gasteiger partial charge < -0.3 is 16.2 Å². The third kappa shape index (κ3) is 3.25. The van der Waals surface area contributed by atoms with Crippen molar-refractivity contribution in [3.63, 3.8) is 0 Å². The molecule has 1 aromatic carbocycles. The highest BCUT2D eigenvalue weighted by Gasteiger charge is 2.21. The molecule has 4 nitrogen and oxygen atoms in total. The van der Waals surface area contributed by atoms with E-state index in [0.29, 0.717) is 5.56 Å². The van der Waals surface area contributed by atoms with Crippen molar-refractivity contribution >= 4 is 50.9 Å². The summed E-state index contributed by atoms with van der Waals surface area (Å²) in [4.78, 5) is 10.7. The number of hydrogen-bond donors (Lipinski definition) is 3. The lowest BCUT2D eigenvalue weighted by atomic mass is 10.1. The molecule has 4 N–H and O–H groups in total. The highest BCUT2D eigenvalue weighted by molar-refractivity contribution is 9.09. The standard InChI is InChI=1S/C9H9BrCl2N2O2/c1-9(10,16)4-2-5(11)7(6(12)3-4)14-8(13)15/h2-3,16H,1H3,(H3,13,14,15). The van der Waals surface area contributed by atoms with Gasteiger partial charge in [-0.25, -0.2) is 4.79 Å². The van der Waals surface area contributed by atoms with Crippen molar-refractivity contribution in [2.24, 2.45) is 5.73 Å². The van der Waals surface area contributed by atoms with Crippen molar-refractivity contribution in [2.45, 2.75) is 11.4 Å². The summed E-state index contributed by atoms with van der Waals surface area (Å²) in [6.45, 7) is 1.52. The number of hydrogen-bond acceptors (Lipinski definition) is 2. The van der Waals surface area contributed by atoms with Gasteiger partial charge in [-0.05, 0) is 40.5 Å². The van der Waals surface area contributed by atoms with Crippen LogP contribution in [0.5, 0.6) is 0 Å². The minimum absolute atomic E-state index is 0.195. The summed E-state index contributed by atoms with van der Waals surface area (Å²) >= 11 is 14.9. The maximum atomic E-state index is 10.7. The number of carbonyl (C=O) groups is 1. The smallest absolute Gasteiger partial charge is 0.316 e. The molecule has 0 fully saturated rings. The van der Waals surface area contributed by atoms with E-state index in [1.165, 1.54) is 19.1 Å². The average Bonchev–Trinajstić information content (AvgIpc) is 2.09. The van der Waals surface area contributed by atoms with Gasteiger partial charge in [0.25, 0.3) is 0 Å². The molecule has 0 saturated heterocycles. The number of anilines is 1. The Labute approximate surface area is 111 Å². The van der Waals surface area contributed by atoms with Gasteiger partial charge in [0.1, 0.15) is 4.51 Å². The zero-order valence-corrected chi connectivity index (χ0v) is 11.3. The van der Waals surface area contributed by atoms with E-state index < -0.39 is 10.5 Å². The Kier molecular flexibility index (Phi) is 4.07. The number of primary amides is 1. The van der Waals surface area contributed by atoms with Crippen LogP contribution in [0.1, 0.15) is 12.5 Å². The van der Waals surface area contributed by atoms with Crippen LogP contribution in [0.3, 0.4) is 0 Å². The number of urea groups is 1. The van der Waals surface area contributed by atoms with Crippen LogP contribution in [0.4, 0.5) is 10.5 Å². The monoisotopic (exact) mass is 326 g/mol. The average molecular weight is 328 g/mol. The molecule has 1 rings (SSSR count). The van der Waals surface area contributed by atoms with Gasteiger partial charge in [-0.2, -0.15) is 0 Å². The number of rotatable bonds is 2. The van der Waals surface area contributed by atoms with E-state index in [9.17, 15) is 9.90 Å². The maximum absolute atomic E-state index is 10.7. The molecule has 0 aliphatic heterocycles. The Morgan fingerprint density at radius 1 is 1.50 bits per heavy atom. The van der Waals surface area contributed by atoms with E-state index in [4.69, 9.17) is 28.9 Å². The van der Waals surface area contributed by atoms with Crippen LogP contribution in [0, 0.1) is 0 Å². The van der Waals surface area contributed by atoms with Crippen LogP contribution in [0.15, 0.2) is 12.1 Å². The minimum Gasteiger partial charge on any atom is -0.375 e. The molecule has 1 atom stereocenters. The number of nitrogens with two attached hydrogens (primary N) is 1. The van der Waals surface area contributed by atoms with E-state index in [1.54, 1.807) is 0 Å². The van der Waals surface area contributed by atoms with Gasteiger partial charge in [0.05, 0.1) is 15.7 Å². The SMILES string of the molecule is CC(O)(Br)c1cc(Cl)c(NC(N)=O)c(Cl)c1. The first kappa shape index (κ1) is 13.6. The van der Waals surface area contributed by atoms with Crippen LogP contribution >= 0.6 is 39.1 Å². The molecule has 0 spiro atoms. The van der Waals surface area contributed by atoms with Crippen molar-refractivity contribution < 1.29 is 9.90 Å². The Hall–Kier alpha value is -0.490. The van der Waals surface area contributed by atoms with Crippen molar-refractivity contribution in [1.82, 2.24) is 0 Å². The molecule has 7 heteroatoms. The van der Waals surface area contributed by atoms with E-state index in [2.05, 4.69) is 21.2 Å². The van der Waals surface area contributed by atoms with Crippen molar-refractivity contribution in [3.05, 3.63) is 27.7 Å². The summed E-state index contributed by atoms with van der Waals surface area (Å²) in [5.41, 5.74) is 5.65. The third-order valence-corrected chi connectivity index (χ3v) is 2.87. The number of benzene rings is 1. The Bertz CT molecular complexity index is 409. The number of alkyl halides is 1. The topological polar surface area (TPSA) is 75.3 Å². The van der Waals surface area contributed by atoms with Gasteiger partial charge in [0.2, 0.25) is 0 Å². The fraction of sp³-hybridized carbons (Fsp3) is 0.222. The molecule has 0 bridgehead atoms. The third-order valence-electron chi connectivity index (χ3n) is 1.82. The second-order valence-corrected chi connectivity index (χ2v) is 5.62. The minimum atomic E-state index is -1.24. The van der Waals surface area contributed by atoms with Gasteiger partial charge in [-0.3, -0.25) is 0 Å². The predicted octanol–water partition coefficient (Wildman–Crippen LogP) is 3.04. The molecule has 1 aromatic rings. The lowest BCUT2D eigenvalue weighted by Gasteiger charge is -2.18. The Morgan fingerprint density at radius 2 is 1.94 bits per heavy atom. The first-order valence-electron chi connectivity index (χ1n) is 4.19. The predicted molar refractivity (Wildman–Crippen MR) is 68.2 cm³/mol. The van der Waals surface area contributed by atoms with Gasteiger partial charge in [-0.15, -0.1) is 0 Å². The number of halogens is 3. The molecule has 0 saturated carbocycles. The fourth-order valence-electron chi connectivity index (χ4n) is 1.08. The van der Waals surface area contributed by atoms with E-state index in [0.717, 1.165) is 0 Å². The summed E-state index contributed by atoms with van der Waals surface area (Å²) in [6, 6.07) is 2.20. The number of aliphatic hydroxyl groups is 1. The van der Waals surface area contributed by atoms with Gasteiger partial charge >= 0.3 is 6.03 Å². The van der Waals surface area contributed by atoms with E-state index in [-0.39, 0.29) is 15.7 Å². The molecule has 0 aliphatic carbocycles. The highest BCUT2D eigenvalue weighted by atomic mass is 79.9. The normalized spacial score (nSPS) is 14.3. The lowest BCUT2D eigenvalue weighted by molar-refractivity contribution is 0.167. The number of carbonyl (C=O) groups excluding carboxylic acids is 1. The summed E-state index contributed by atoms with van der Waals surface area (Å²) in [6.07, 6.45) is 0. The van der Waals surface area contributed by atoms with E-state index in [1.807, 2.05) is 0 Å². The molecule has 0 aliphatic rings. The maximum Gasteiger partial charge on any atom is 0.316 e. The number of nitrogens with one attached hydrogen (secondary N) is 1. The molecule has 2 amide bonds. The van der Waals surface area contributed by atoms with Gasteiger partial charge in [0, 0.05) is 0 Å². The summed E-state index contributed by atoms with van der Waals surface area (Å²) in [5.74, 6) is 0. The van der Waals surface area contributed by atoms with Crippen LogP contribution in [0.2, 0.25) is 10.0 Å². The molecular formula is C9H9BrCl2N2O2. The summed E-state index contributed by atoms with van der Waals surface area (Å²) in [5, 5.41) is 12.4. The van der Waals surface area contributed by atoms with Crippen molar-refractivity contribution in [1.29, 1.82) is 0 Å². The molecular weight excluding hydrogens is 319 g/mol. The zero-order valence-electron chi connectivity index (χ0n) is 8.22. The van der Waals surface area contributed by atoms with Crippen LogP contribution in [-0.2, 0) is 4.51 Å². The largest absolute Gasteiger partial charge is 0.375 e. The fourth-order valence-corrected chi connectivity index (χ4v) is 1.89. The lowest BCUT2D eigenvalue weighted by Crippen LogP contribution is -2.20. The van der Waals surface area contributed by atoms with Gasteiger partial charge in [0.15, 0.2) is 0 Å². The Morgan fingerprint density at radius 3 is 2.25 bits per heavy atom. The van der Waals surface area contributed by atoms with Crippen LogP contribution in [0.25, 0.3) is 0 Å². The Balaban J connectivity index is 3.23. The van der Waals surface area contributed by atoms with Crippen molar-refractivity contribution in [3.8, 4) is 0 Å². The highest BCUT2D eigenvalue weighted by Crippen LogP contribution is 2.37. The van der Waals surface area contributed by atoms with Crippen LogP contribution in [-0.4, -0.2) is 11.1 Å². The van der Waals surface area contributed by atoms with Crippen molar-refractivity contribution in [2.75, 3.05) is 5.32 Å². The first-order valence-corrected chi connectivity index (χ1v) is 5.74. The molecule has 0 heterocycles. The zero-order chi connectivity index (χ0) is 12.5. The molecule has 16 heavy (non-hydrogen) atoms. The summed E-state index contributed by atoms with van der Waals surface area (Å²) < 4.78 is -1.24. The van der Waals surface area contributed by atoms with Crippen LogP contribution < -0.4 is 11.1 Å². The quantitative estimate of drug-likeness (QED) is 0.730. The second kappa shape index (κ2) is 4.79. The molecule has 0 radical (unpaired) electrons. The second-order valence-electron chi connectivity index (χ2n) is 3.26. The molecule has 1 unspecified atom stereocenters. The molecule has 0 aromatic heterocycles. The van der Waals surface area contributed by atoms with E-state index >= 15 is 0 Å². The molecule has 88 valence electrons. The number of amides is 2. The summed E-state index contributed by atoms with van der Waals surface area (Å²) in [7, 11) is 0. The van der Waals surface area contributed by atoms with Gasteiger partial charge in [-0.1, -0.05) is 23.2 Å².